The molecule has 38 heavy (non-hydrogen) atoms. The first kappa shape index (κ1) is 27.6. The van der Waals surface area contributed by atoms with E-state index in [1.54, 1.807) is 18.2 Å². The molecule has 0 bridgehead atoms. The van der Waals surface area contributed by atoms with Crippen molar-refractivity contribution in [1.29, 1.82) is 0 Å². The van der Waals surface area contributed by atoms with E-state index in [9.17, 15) is 26.7 Å². The molecule has 8 heteroatoms. The second kappa shape index (κ2) is 12.0. The van der Waals surface area contributed by atoms with Crippen molar-refractivity contribution in [3.8, 4) is 11.5 Å². The molecule has 0 aliphatic heterocycles. The Morgan fingerprint density at radius 1 is 0.816 bits per heavy atom. The van der Waals surface area contributed by atoms with Crippen LogP contribution in [0.4, 0.5) is 22.0 Å². The van der Waals surface area contributed by atoms with E-state index in [2.05, 4.69) is 0 Å². The zero-order valence-corrected chi connectivity index (χ0v) is 21.3. The molecule has 3 nitrogen and oxygen atoms in total. The van der Waals surface area contributed by atoms with Crippen LogP contribution in [0, 0.1) is 36.0 Å². The monoisotopic (exact) mass is 532 g/mol. The van der Waals surface area contributed by atoms with Gasteiger partial charge < -0.3 is 9.47 Å². The summed E-state index contributed by atoms with van der Waals surface area (Å²) in [6, 6.07) is 9.50. The van der Waals surface area contributed by atoms with Gasteiger partial charge in [-0.3, -0.25) is 0 Å². The van der Waals surface area contributed by atoms with Gasteiger partial charge in [-0.05, 0) is 91.8 Å². The summed E-state index contributed by atoms with van der Waals surface area (Å²) in [4.78, 5) is 12.5. The first-order valence-electron chi connectivity index (χ1n) is 12.8. The Balaban J connectivity index is 1.41. The van der Waals surface area contributed by atoms with E-state index >= 15 is 0 Å². The second-order valence-electron chi connectivity index (χ2n) is 9.67. The van der Waals surface area contributed by atoms with Gasteiger partial charge in [-0.25, -0.2) is 18.0 Å². The molecule has 1 fully saturated rings. The van der Waals surface area contributed by atoms with Crippen LogP contribution in [-0.2, 0) is 0 Å². The van der Waals surface area contributed by atoms with E-state index < -0.39 is 46.4 Å². The SMILES string of the molecule is CCCCOc1ccc(OC(=O)c2ccc(C3CCC(c4ccc(C)c(F)c4F)CC3)cc2F)c(F)c1F. The standard InChI is InChI=1S/C30H29F5O3/c1-3-4-15-37-24-13-14-25(29(35)28(24)34)38-30(36)22-12-10-20(16-23(22)31)18-6-8-19(9-7-18)21-11-5-17(2)26(32)27(21)33/h5,10-14,16,18-19H,3-4,6-9,15H2,1-2H3. The Labute approximate surface area is 218 Å². The summed E-state index contributed by atoms with van der Waals surface area (Å²) in [5.41, 5.74) is 0.872. The Bertz CT molecular complexity index is 1320. The molecule has 4 rings (SSSR count). The third-order valence-corrected chi connectivity index (χ3v) is 7.13. The second-order valence-corrected chi connectivity index (χ2v) is 9.67. The summed E-state index contributed by atoms with van der Waals surface area (Å²) < 4.78 is 82.1. The molecule has 202 valence electrons. The number of hydrogen-bond donors (Lipinski definition) is 0. The Morgan fingerprint density at radius 3 is 2.16 bits per heavy atom. The van der Waals surface area contributed by atoms with Crippen molar-refractivity contribution in [1.82, 2.24) is 0 Å². The molecule has 1 aliphatic rings. The molecule has 0 saturated heterocycles. The molecule has 0 N–H and O–H groups in total. The summed E-state index contributed by atoms with van der Waals surface area (Å²) in [5.74, 6) is -7.43. The van der Waals surface area contributed by atoms with E-state index in [1.807, 2.05) is 6.92 Å². The third kappa shape index (κ3) is 5.84. The predicted molar refractivity (Wildman–Crippen MR) is 133 cm³/mol. The maximum Gasteiger partial charge on any atom is 0.346 e. The lowest BCUT2D eigenvalue weighted by Gasteiger charge is -2.29. The molecule has 3 aromatic carbocycles. The molecule has 0 unspecified atom stereocenters. The lowest BCUT2D eigenvalue weighted by molar-refractivity contribution is 0.0721. The highest BCUT2D eigenvalue weighted by Gasteiger charge is 2.28. The molecule has 0 heterocycles. The van der Waals surface area contributed by atoms with Crippen LogP contribution < -0.4 is 9.47 Å². The van der Waals surface area contributed by atoms with Gasteiger partial charge in [0.2, 0.25) is 11.6 Å². The number of hydrogen-bond acceptors (Lipinski definition) is 3. The average molecular weight is 533 g/mol. The zero-order chi connectivity index (χ0) is 27.4. The molecular formula is C30H29F5O3. The van der Waals surface area contributed by atoms with E-state index in [-0.39, 0.29) is 29.8 Å². The Hall–Kier alpha value is -3.42. The minimum absolute atomic E-state index is 0.0176. The number of ether oxygens (including phenoxy) is 2. The number of carbonyl (C=O) groups is 1. The first-order chi connectivity index (χ1) is 18.2. The fraction of sp³-hybridized carbons (Fsp3) is 0.367. The van der Waals surface area contributed by atoms with Crippen molar-refractivity contribution in [2.75, 3.05) is 6.61 Å². The van der Waals surface area contributed by atoms with Crippen LogP contribution in [0.5, 0.6) is 11.5 Å². The van der Waals surface area contributed by atoms with Gasteiger partial charge in [0.05, 0.1) is 12.2 Å². The van der Waals surface area contributed by atoms with Gasteiger partial charge in [0, 0.05) is 0 Å². The average Bonchev–Trinajstić information content (AvgIpc) is 2.91. The number of esters is 1. The Morgan fingerprint density at radius 2 is 1.47 bits per heavy atom. The molecule has 3 aromatic rings. The van der Waals surface area contributed by atoms with Gasteiger partial charge in [0.15, 0.2) is 23.1 Å². The van der Waals surface area contributed by atoms with Crippen molar-refractivity contribution >= 4 is 5.97 Å². The van der Waals surface area contributed by atoms with E-state index in [0.29, 0.717) is 43.2 Å². The molecule has 0 aromatic heterocycles. The largest absolute Gasteiger partial charge is 0.490 e. The smallest absolute Gasteiger partial charge is 0.346 e. The summed E-state index contributed by atoms with van der Waals surface area (Å²) in [7, 11) is 0. The summed E-state index contributed by atoms with van der Waals surface area (Å²) in [6.07, 6.45) is 3.98. The van der Waals surface area contributed by atoms with Gasteiger partial charge in [-0.15, -0.1) is 0 Å². The highest BCUT2D eigenvalue weighted by Crippen LogP contribution is 2.42. The predicted octanol–water partition coefficient (Wildman–Crippen LogP) is 8.53. The van der Waals surface area contributed by atoms with Crippen LogP contribution in [0.1, 0.15) is 84.3 Å². The van der Waals surface area contributed by atoms with E-state index in [4.69, 9.17) is 9.47 Å². The fourth-order valence-electron chi connectivity index (χ4n) is 4.85. The highest BCUT2D eigenvalue weighted by molar-refractivity contribution is 5.91. The molecule has 0 amide bonds. The molecule has 0 atom stereocenters. The first-order valence-corrected chi connectivity index (χ1v) is 12.8. The summed E-state index contributed by atoms with van der Waals surface area (Å²) >= 11 is 0. The van der Waals surface area contributed by atoms with E-state index in [1.165, 1.54) is 19.1 Å². The lowest BCUT2D eigenvalue weighted by Crippen LogP contribution is -2.15. The maximum absolute atomic E-state index is 14.9. The van der Waals surface area contributed by atoms with Crippen molar-refractivity contribution in [2.45, 2.75) is 64.2 Å². The van der Waals surface area contributed by atoms with Crippen molar-refractivity contribution in [3.63, 3.8) is 0 Å². The normalized spacial score (nSPS) is 17.3. The quantitative estimate of drug-likeness (QED) is 0.126. The van der Waals surface area contributed by atoms with Gasteiger partial charge in [-0.1, -0.05) is 31.5 Å². The van der Waals surface area contributed by atoms with Crippen LogP contribution >= 0.6 is 0 Å². The molecule has 1 aliphatic carbocycles. The minimum atomic E-state index is -1.40. The number of unbranched alkanes of at least 4 members (excludes halogenated alkanes) is 1. The third-order valence-electron chi connectivity index (χ3n) is 7.13. The van der Waals surface area contributed by atoms with Gasteiger partial charge in [0.25, 0.3) is 0 Å². The van der Waals surface area contributed by atoms with Gasteiger partial charge in [-0.2, -0.15) is 8.78 Å². The highest BCUT2D eigenvalue weighted by atomic mass is 19.2. The van der Waals surface area contributed by atoms with Crippen LogP contribution in [-0.4, -0.2) is 12.6 Å². The summed E-state index contributed by atoms with van der Waals surface area (Å²) in [6.45, 7) is 3.66. The molecule has 0 radical (unpaired) electrons. The maximum atomic E-state index is 14.9. The van der Waals surface area contributed by atoms with Crippen LogP contribution in [0.25, 0.3) is 0 Å². The van der Waals surface area contributed by atoms with Crippen LogP contribution in [0.15, 0.2) is 42.5 Å². The van der Waals surface area contributed by atoms with E-state index in [0.717, 1.165) is 18.6 Å². The van der Waals surface area contributed by atoms with Crippen LogP contribution in [0.2, 0.25) is 0 Å². The molecule has 1 saturated carbocycles. The number of aryl methyl sites for hydroxylation is 1. The number of rotatable bonds is 8. The lowest BCUT2D eigenvalue weighted by atomic mass is 9.76. The zero-order valence-electron chi connectivity index (χ0n) is 21.3. The van der Waals surface area contributed by atoms with Crippen LogP contribution in [0.3, 0.4) is 0 Å². The van der Waals surface area contributed by atoms with Crippen molar-refractivity contribution in [2.24, 2.45) is 0 Å². The fourth-order valence-corrected chi connectivity index (χ4v) is 4.85. The topological polar surface area (TPSA) is 35.5 Å². The van der Waals surface area contributed by atoms with Crippen molar-refractivity contribution < 1.29 is 36.2 Å². The molecule has 0 spiro atoms. The van der Waals surface area contributed by atoms with Gasteiger partial charge in [0.1, 0.15) is 5.82 Å². The minimum Gasteiger partial charge on any atom is -0.490 e. The number of carbonyl (C=O) groups excluding carboxylic acids is 1. The Kier molecular flexibility index (Phi) is 8.69. The summed E-state index contributed by atoms with van der Waals surface area (Å²) in [5, 5.41) is 0. The van der Waals surface area contributed by atoms with Crippen molar-refractivity contribution in [3.05, 3.63) is 93.8 Å². The molecular weight excluding hydrogens is 503 g/mol. The number of benzene rings is 3. The van der Waals surface area contributed by atoms with Gasteiger partial charge >= 0.3 is 5.97 Å². The number of halogens is 5.